The summed E-state index contributed by atoms with van der Waals surface area (Å²) in [7, 11) is 0. The molecule has 1 unspecified atom stereocenters. The molecule has 0 fully saturated rings. The van der Waals surface area contributed by atoms with Crippen LogP contribution in [0.1, 0.15) is 19.4 Å². The Morgan fingerprint density at radius 1 is 1.56 bits per heavy atom. The zero-order valence-electron chi connectivity index (χ0n) is 9.36. The van der Waals surface area contributed by atoms with Gasteiger partial charge in [-0.2, -0.15) is 0 Å². The monoisotopic (exact) mass is 221 g/mol. The minimum atomic E-state index is -0.817. The molecular formula is C12H15NO3. The summed E-state index contributed by atoms with van der Waals surface area (Å²) < 4.78 is 5.55. The van der Waals surface area contributed by atoms with E-state index in [1.165, 1.54) is 0 Å². The van der Waals surface area contributed by atoms with Gasteiger partial charge in [0.2, 0.25) is 0 Å². The zero-order chi connectivity index (χ0) is 11.7. The number of carboxylic acids is 1. The molecule has 2 N–H and O–H groups in total. The molecule has 0 bridgehead atoms. The van der Waals surface area contributed by atoms with E-state index in [2.05, 4.69) is 5.32 Å². The van der Waals surface area contributed by atoms with Crippen molar-refractivity contribution in [1.29, 1.82) is 0 Å². The number of hydrogen-bond donors (Lipinski definition) is 2. The van der Waals surface area contributed by atoms with E-state index in [4.69, 9.17) is 9.84 Å². The number of rotatable bonds is 3. The summed E-state index contributed by atoms with van der Waals surface area (Å²) in [5.74, 6) is -0.0465. The first kappa shape index (κ1) is 10.8. The Balaban J connectivity index is 2.17. The molecule has 0 amide bonds. The van der Waals surface area contributed by atoms with Crippen molar-refractivity contribution in [3.8, 4) is 5.75 Å². The largest absolute Gasteiger partial charge is 0.491 e. The van der Waals surface area contributed by atoms with Crippen molar-refractivity contribution in [2.45, 2.75) is 32.4 Å². The van der Waals surface area contributed by atoms with Gasteiger partial charge >= 0.3 is 5.97 Å². The van der Waals surface area contributed by atoms with Gasteiger partial charge < -0.3 is 15.2 Å². The lowest BCUT2D eigenvalue weighted by molar-refractivity contribution is -0.137. The van der Waals surface area contributed by atoms with Gasteiger partial charge in [0.1, 0.15) is 11.8 Å². The van der Waals surface area contributed by atoms with Gasteiger partial charge in [-0.3, -0.25) is 0 Å². The van der Waals surface area contributed by atoms with E-state index in [1.54, 1.807) is 0 Å². The topological polar surface area (TPSA) is 58.6 Å². The number of carboxylic acid groups (broad SMARTS) is 1. The maximum atomic E-state index is 10.8. The molecular weight excluding hydrogens is 206 g/mol. The maximum absolute atomic E-state index is 10.8. The normalized spacial score (nSPS) is 18.1. The van der Waals surface area contributed by atoms with E-state index in [9.17, 15) is 4.79 Å². The Kier molecular flexibility index (Phi) is 2.73. The van der Waals surface area contributed by atoms with Crippen LogP contribution in [0.25, 0.3) is 0 Å². The molecule has 1 aromatic carbocycles. The fourth-order valence-corrected chi connectivity index (χ4v) is 1.82. The smallest absolute Gasteiger partial charge is 0.326 e. The summed E-state index contributed by atoms with van der Waals surface area (Å²) in [6.45, 7) is 3.92. The number of ether oxygens (including phenoxy) is 1. The van der Waals surface area contributed by atoms with Crippen LogP contribution in [0.3, 0.4) is 0 Å². The Morgan fingerprint density at radius 2 is 2.31 bits per heavy atom. The Morgan fingerprint density at radius 3 is 2.94 bits per heavy atom. The molecule has 86 valence electrons. The van der Waals surface area contributed by atoms with Gasteiger partial charge in [0.25, 0.3) is 0 Å². The quantitative estimate of drug-likeness (QED) is 0.818. The maximum Gasteiger partial charge on any atom is 0.326 e. The van der Waals surface area contributed by atoms with Crippen molar-refractivity contribution in [1.82, 2.24) is 0 Å². The van der Waals surface area contributed by atoms with E-state index in [1.807, 2.05) is 32.0 Å². The predicted molar refractivity (Wildman–Crippen MR) is 61.0 cm³/mol. The average molecular weight is 221 g/mol. The highest BCUT2D eigenvalue weighted by molar-refractivity contribution is 5.81. The highest BCUT2D eigenvalue weighted by Crippen LogP contribution is 2.30. The van der Waals surface area contributed by atoms with Crippen molar-refractivity contribution >= 4 is 11.7 Å². The first-order chi connectivity index (χ1) is 7.56. The summed E-state index contributed by atoms with van der Waals surface area (Å²) in [6, 6.07) is 5.15. The predicted octanol–water partition coefficient (Wildman–Crippen LogP) is 1.89. The van der Waals surface area contributed by atoms with Crippen molar-refractivity contribution in [3.63, 3.8) is 0 Å². The van der Waals surface area contributed by atoms with Crippen molar-refractivity contribution in [2.75, 3.05) is 5.32 Å². The second-order valence-corrected chi connectivity index (χ2v) is 4.22. The number of benzene rings is 1. The number of carbonyl (C=O) groups is 1. The van der Waals surface area contributed by atoms with E-state index < -0.39 is 12.0 Å². The van der Waals surface area contributed by atoms with E-state index >= 15 is 0 Å². The van der Waals surface area contributed by atoms with Crippen LogP contribution in [-0.2, 0) is 11.2 Å². The fraction of sp³-hybridized carbons (Fsp3) is 0.417. The van der Waals surface area contributed by atoms with Crippen LogP contribution in [0.4, 0.5) is 5.69 Å². The SMILES string of the molecule is CC(C)Oc1ccc2c(c1)NC(C(=O)O)C2. The molecule has 4 nitrogen and oxygen atoms in total. The second kappa shape index (κ2) is 4.04. The molecule has 0 saturated carbocycles. The van der Waals surface area contributed by atoms with Crippen LogP contribution in [0.2, 0.25) is 0 Å². The lowest BCUT2D eigenvalue weighted by Gasteiger charge is -2.11. The molecule has 0 radical (unpaired) electrons. The fourth-order valence-electron chi connectivity index (χ4n) is 1.82. The highest BCUT2D eigenvalue weighted by Gasteiger charge is 2.26. The van der Waals surface area contributed by atoms with Crippen LogP contribution in [0.15, 0.2) is 18.2 Å². The first-order valence-corrected chi connectivity index (χ1v) is 5.35. The summed E-state index contributed by atoms with van der Waals surface area (Å²) in [5.41, 5.74) is 1.90. The lowest BCUT2D eigenvalue weighted by atomic mass is 10.1. The van der Waals surface area contributed by atoms with E-state index in [0.29, 0.717) is 6.42 Å². The Labute approximate surface area is 94.2 Å². The summed E-state index contributed by atoms with van der Waals surface area (Å²) in [6.07, 6.45) is 0.654. The minimum Gasteiger partial charge on any atom is -0.491 e. The minimum absolute atomic E-state index is 0.120. The Bertz CT molecular complexity index is 415. The van der Waals surface area contributed by atoms with Gasteiger partial charge in [0, 0.05) is 18.2 Å². The number of fused-ring (bicyclic) bond motifs is 1. The molecule has 1 atom stereocenters. The molecule has 0 spiro atoms. The molecule has 1 aromatic rings. The van der Waals surface area contributed by atoms with Gasteiger partial charge in [-0.15, -0.1) is 0 Å². The summed E-state index contributed by atoms with van der Waals surface area (Å²) >= 11 is 0. The molecule has 1 aliphatic rings. The number of nitrogens with one attached hydrogen (secondary N) is 1. The third-order valence-corrected chi connectivity index (χ3v) is 2.50. The average Bonchev–Trinajstić information content (AvgIpc) is 2.59. The van der Waals surface area contributed by atoms with Gasteiger partial charge in [0.15, 0.2) is 0 Å². The summed E-state index contributed by atoms with van der Waals surface area (Å²) in [5, 5.41) is 11.9. The third kappa shape index (κ3) is 2.10. The van der Waals surface area contributed by atoms with Gasteiger partial charge in [-0.25, -0.2) is 4.79 Å². The molecule has 16 heavy (non-hydrogen) atoms. The van der Waals surface area contributed by atoms with Crippen molar-refractivity contribution in [3.05, 3.63) is 23.8 Å². The molecule has 4 heteroatoms. The van der Waals surface area contributed by atoms with Crippen LogP contribution >= 0.6 is 0 Å². The lowest BCUT2D eigenvalue weighted by Crippen LogP contribution is -2.26. The Hall–Kier alpha value is -1.71. The molecule has 0 saturated heterocycles. The second-order valence-electron chi connectivity index (χ2n) is 4.22. The zero-order valence-corrected chi connectivity index (χ0v) is 9.36. The first-order valence-electron chi connectivity index (χ1n) is 5.35. The highest BCUT2D eigenvalue weighted by atomic mass is 16.5. The molecule has 2 rings (SSSR count). The van der Waals surface area contributed by atoms with Gasteiger partial charge in [-0.05, 0) is 25.5 Å². The third-order valence-electron chi connectivity index (χ3n) is 2.50. The van der Waals surface area contributed by atoms with Crippen LogP contribution in [0, 0.1) is 0 Å². The molecule has 1 aliphatic heterocycles. The molecule has 0 aromatic heterocycles. The molecule has 0 aliphatic carbocycles. The van der Waals surface area contributed by atoms with Crippen LogP contribution < -0.4 is 10.1 Å². The number of anilines is 1. The number of hydrogen-bond acceptors (Lipinski definition) is 3. The van der Waals surface area contributed by atoms with Crippen LogP contribution in [-0.4, -0.2) is 23.2 Å². The van der Waals surface area contributed by atoms with Crippen molar-refractivity contribution in [2.24, 2.45) is 0 Å². The van der Waals surface area contributed by atoms with Crippen molar-refractivity contribution < 1.29 is 14.6 Å². The van der Waals surface area contributed by atoms with E-state index in [-0.39, 0.29) is 6.10 Å². The van der Waals surface area contributed by atoms with Gasteiger partial charge in [0.05, 0.1) is 6.10 Å². The van der Waals surface area contributed by atoms with Gasteiger partial charge in [-0.1, -0.05) is 6.07 Å². The summed E-state index contributed by atoms with van der Waals surface area (Å²) in [4.78, 5) is 10.8. The van der Waals surface area contributed by atoms with E-state index in [0.717, 1.165) is 17.0 Å². The number of aliphatic carboxylic acids is 1. The molecule has 1 heterocycles. The standard InChI is InChI=1S/C12H15NO3/c1-7(2)16-9-4-3-8-5-11(12(14)15)13-10(8)6-9/h3-4,6-7,11,13H,5H2,1-2H3,(H,14,15). The van der Waals surface area contributed by atoms with Crippen LogP contribution in [0.5, 0.6) is 5.75 Å².